The highest BCUT2D eigenvalue weighted by atomic mass is 32.1. The van der Waals surface area contributed by atoms with E-state index in [1.54, 1.807) is 7.11 Å². The molecule has 2 aliphatic heterocycles. The van der Waals surface area contributed by atoms with Crippen LogP contribution in [0.5, 0.6) is 5.75 Å². The van der Waals surface area contributed by atoms with E-state index in [0.29, 0.717) is 24.6 Å². The highest BCUT2D eigenvalue weighted by molar-refractivity contribution is 7.19. The highest BCUT2D eigenvalue weighted by Gasteiger charge is 2.30. The SMILES string of the molecule is CCN1CCc2c(sc3nc(C4CCCCC4)nc(N4CCN(C(=O)c5ccc(OC)cc5)CC4)c23)C1. The average molecular weight is 520 g/mol. The number of piperazine rings is 1. The predicted molar refractivity (Wildman–Crippen MR) is 149 cm³/mol. The lowest BCUT2D eigenvalue weighted by Crippen LogP contribution is -2.49. The van der Waals surface area contributed by atoms with Gasteiger partial charge in [0.15, 0.2) is 0 Å². The van der Waals surface area contributed by atoms with Gasteiger partial charge in [0.05, 0.1) is 12.5 Å². The number of fused-ring (bicyclic) bond motifs is 3. The molecule has 7 nitrogen and oxygen atoms in total. The van der Waals surface area contributed by atoms with E-state index in [9.17, 15) is 4.79 Å². The van der Waals surface area contributed by atoms with Gasteiger partial charge in [-0.25, -0.2) is 9.97 Å². The van der Waals surface area contributed by atoms with Crippen LogP contribution in [-0.2, 0) is 13.0 Å². The molecule has 0 N–H and O–H groups in total. The topological polar surface area (TPSA) is 61.8 Å². The molecule has 3 aliphatic rings. The predicted octanol–water partition coefficient (Wildman–Crippen LogP) is 5.09. The van der Waals surface area contributed by atoms with Crippen LogP contribution in [0.2, 0.25) is 0 Å². The number of hydrogen-bond acceptors (Lipinski definition) is 7. The summed E-state index contributed by atoms with van der Waals surface area (Å²) in [6.45, 7) is 8.45. The Hall–Kier alpha value is -2.71. The first-order valence-corrected chi connectivity index (χ1v) is 14.7. The Morgan fingerprint density at radius 3 is 2.49 bits per heavy atom. The number of rotatable bonds is 5. The Balaban J connectivity index is 1.28. The molecule has 1 saturated carbocycles. The van der Waals surface area contributed by atoms with Crippen molar-refractivity contribution in [2.75, 3.05) is 51.3 Å². The number of carbonyl (C=O) groups is 1. The van der Waals surface area contributed by atoms with Crippen molar-refractivity contribution in [2.24, 2.45) is 0 Å². The Bertz CT molecular complexity index is 1260. The minimum absolute atomic E-state index is 0.0885. The molecule has 0 bridgehead atoms. The molecule has 196 valence electrons. The summed E-state index contributed by atoms with van der Waals surface area (Å²) in [4.78, 5) is 33.2. The average Bonchev–Trinajstić information content (AvgIpc) is 3.34. The molecule has 1 aliphatic carbocycles. The van der Waals surface area contributed by atoms with Crippen molar-refractivity contribution in [3.63, 3.8) is 0 Å². The normalized spacial score (nSPS) is 19.3. The summed E-state index contributed by atoms with van der Waals surface area (Å²) in [6.07, 6.45) is 7.35. The number of nitrogens with zero attached hydrogens (tertiary/aromatic N) is 5. The van der Waals surface area contributed by atoms with E-state index in [-0.39, 0.29) is 5.91 Å². The van der Waals surface area contributed by atoms with Gasteiger partial charge in [0.1, 0.15) is 22.2 Å². The van der Waals surface area contributed by atoms with E-state index < -0.39 is 0 Å². The Kier molecular flexibility index (Phi) is 7.04. The van der Waals surface area contributed by atoms with E-state index in [2.05, 4.69) is 16.7 Å². The fraction of sp³-hybridized carbons (Fsp3) is 0.552. The lowest BCUT2D eigenvalue weighted by molar-refractivity contribution is 0.0746. The molecule has 1 saturated heterocycles. The van der Waals surface area contributed by atoms with Gasteiger partial charge in [-0.1, -0.05) is 26.2 Å². The van der Waals surface area contributed by atoms with Crippen molar-refractivity contribution >= 4 is 33.3 Å². The lowest BCUT2D eigenvalue weighted by atomic mass is 9.88. The van der Waals surface area contributed by atoms with Gasteiger partial charge >= 0.3 is 0 Å². The van der Waals surface area contributed by atoms with Gasteiger partial charge in [-0.15, -0.1) is 11.3 Å². The maximum absolute atomic E-state index is 13.2. The van der Waals surface area contributed by atoms with Crippen LogP contribution in [0.4, 0.5) is 5.82 Å². The van der Waals surface area contributed by atoms with Gasteiger partial charge in [-0.3, -0.25) is 9.69 Å². The molecule has 37 heavy (non-hydrogen) atoms. The molecule has 6 rings (SSSR count). The maximum atomic E-state index is 13.2. The Morgan fingerprint density at radius 2 is 1.78 bits per heavy atom. The van der Waals surface area contributed by atoms with Crippen LogP contribution in [0.3, 0.4) is 0 Å². The van der Waals surface area contributed by atoms with Crippen LogP contribution in [0.1, 0.15) is 71.6 Å². The third-order valence-electron chi connectivity index (χ3n) is 8.40. The first-order valence-electron chi connectivity index (χ1n) is 13.9. The third-order valence-corrected chi connectivity index (χ3v) is 9.51. The van der Waals surface area contributed by atoms with Gasteiger partial charge in [-0.05, 0) is 55.6 Å². The number of aromatic nitrogens is 2. The molecular formula is C29H37N5O2S. The fourth-order valence-corrected chi connectivity index (χ4v) is 7.39. The number of methoxy groups -OCH3 is 1. The van der Waals surface area contributed by atoms with Gasteiger partial charge in [-0.2, -0.15) is 0 Å². The van der Waals surface area contributed by atoms with Crippen LogP contribution in [0.15, 0.2) is 24.3 Å². The first-order chi connectivity index (χ1) is 18.1. The van der Waals surface area contributed by atoms with Gasteiger partial charge < -0.3 is 14.5 Å². The zero-order valence-corrected chi connectivity index (χ0v) is 22.9. The number of amides is 1. The van der Waals surface area contributed by atoms with Gasteiger partial charge in [0.25, 0.3) is 5.91 Å². The van der Waals surface area contributed by atoms with E-state index in [1.807, 2.05) is 40.5 Å². The minimum Gasteiger partial charge on any atom is -0.497 e. The maximum Gasteiger partial charge on any atom is 0.253 e. The summed E-state index contributed by atoms with van der Waals surface area (Å²) in [5.41, 5.74) is 2.18. The second kappa shape index (κ2) is 10.6. The molecule has 8 heteroatoms. The van der Waals surface area contributed by atoms with Crippen molar-refractivity contribution in [1.29, 1.82) is 0 Å². The van der Waals surface area contributed by atoms with Crippen LogP contribution < -0.4 is 9.64 Å². The molecular weight excluding hydrogens is 482 g/mol. The smallest absolute Gasteiger partial charge is 0.253 e. The van der Waals surface area contributed by atoms with E-state index >= 15 is 0 Å². The summed E-state index contributed by atoms with van der Waals surface area (Å²) >= 11 is 1.89. The first kappa shape index (κ1) is 24.6. The van der Waals surface area contributed by atoms with Crippen molar-refractivity contribution < 1.29 is 9.53 Å². The molecule has 0 unspecified atom stereocenters. The summed E-state index contributed by atoms with van der Waals surface area (Å²) in [6, 6.07) is 7.42. The van der Waals surface area contributed by atoms with Crippen LogP contribution >= 0.6 is 11.3 Å². The molecule has 1 aromatic carbocycles. The van der Waals surface area contributed by atoms with Gasteiger partial charge in [0.2, 0.25) is 0 Å². The number of likely N-dealkylation sites (N-methyl/N-ethyl adjacent to an activating group) is 1. The summed E-state index contributed by atoms with van der Waals surface area (Å²) < 4.78 is 5.25. The second-order valence-corrected chi connectivity index (χ2v) is 11.6. The zero-order valence-electron chi connectivity index (χ0n) is 22.0. The molecule has 2 fully saturated rings. The van der Waals surface area contributed by atoms with E-state index in [0.717, 1.165) is 56.5 Å². The number of thiophene rings is 1. The summed E-state index contributed by atoms with van der Waals surface area (Å²) in [5.74, 6) is 3.49. The monoisotopic (exact) mass is 519 g/mol. The van der Waals surface area contributed by atoms with Crippen LogP contribution in [0.25, 0.3) is 10.2 Å². The highest BCUT2D eigenvalue weighted by Crippen LogP contribution is 2.41. The molecule has 0 radical (unpaired) electrons. The molecule has 0 spiro atoms. The summed E-state index contributed by atoms with van der Waals surface area (Å²) in [7, 11) is 1.64. The summed E-state index contributed by atoms with van der Waals surface area (Å²) in [5, 5.41) is 1.28. The minimum atomic E-state index is 0.0885. The lowest BCUT2D eigenvalue weighted by Gasteiger charge is -2.36. The quantitative estimate of drug-likeness (QED) is 0.468. The van der Waals surface area contributed by atoms with Gasteiger partial charge in [0, 0.05) is 55.6 Å². The number of carbonyl (C=O) groups excluding carboxylic acids is 1. The van der Waals surface area contributed by atoms with Crippen LogP contribution in [-0.4, -0.2) is 72.1 Å². The molecule has 3 aromatic rings. The van der Waals surface area contributed by atoms with E-state index in [1.165, 1.54) is 52.8 Å². The van der Waals surface area contributed by atoms with Crippen molar-refractivity contribution in [3.05, 3.63) is 46.1 Å². The third kappa shape index (κ3) is 4.81. The van der Waals surface area contributed by atoms with Crippen LogP contribution in [0, 0.1) is 0 Å². The van der Waals surface area contributed by atoms with E-state index in [4.69, 9.17) is 14.7 Å². The molecule has 0 atom stereocenters. The Labute approximate surface area is 223 Å². The molecule has 2 aromatic heterocycles. The van der Waals surface area contributed by atoms with Crippen molar-refractivity contribution in [3.8, 4) is 5.75 Å². The zero-order chi connectivity index (χ0) is 25.4. The standard InChI is InChI=1S/C29H37N5O2S/c1-3-32-14-13-23-24(19-32)37-28-25(23)27(30-26(31-28)20-7-5-4-6-8-20)33-15-17-34(18-16-33)29(35)21-9-11-22(36-2)12-10-21/h9-12,20H,3-8,13-19H2,1-2H3. The number of anilines is 1. The number of ether oxygens (including phenoxy) is 1. The number of benzene rings is 1. The Morgan fingerprint density at radius 1 is 1.03 bits per heavy atom. The van der Waals surface area contributed by atoms with Crippen molar-refractivity contribution in [2.45, 2.75) is 57.9 Å². The molecule has 4 heterocycles. The molecule has 1 amide bonds. The van der Waals surface area contributed by atoms with Crippen molar-refractivity contribution in [1.82, 2.24) is 19.8 Å². The number of hydrogen-bond donors (Lipinski definition) is 0. The second-order valence-electron chi connectivity index (χ2n) is 10.6. The fourth-order valence-electron chi connectivity index (χ4n) is 6.12. The largest absolute Gasteiger partial charge is 0.497 e.